The molecule has 0 heterocycles. The van der Waals surface area contributed by atoms with Gasteiger partial charge in [0, 0.05) is 26.2 Å². The van der Waals surface area contributed by atoms with Gasteiger partial charge in [-0.05, 0) is 23.8 Å². The number of ether oxygens (including phenoxy) is 1. The maximum atomic E-state index is 12.2. The third-order valence-corrected chi connectivity index (χ3v) is 3.19. The van der Waals surface area contributed by atoms with Crippen LogP contribution in [0.5, 0.6) is 0 Å². The number of esters is 1. The second-order valence-corrected chi connectivity index (χ2v) is 5.04. The molecule has 2 N–H and O–H groups in total. The molecule has 2 aromatic rings. The lowest BCUT2D eigenvalue weighted by atomic mass is 10.1. The molecule has 0 aliphatic rings. The van der Waals surface area contributed by atoms with Crippen LogP contribution in [0.2, 0.25) is 0 Å². The summed E-state index contributed by atoms with van der Waals surface area (Å²) < 4.78 is 5.36. The summed E-state index contributed by atoms with van der Waals surface area (Å²) in [4.78, 5) is 14.1. The predicted molar refractivity (Wildman–Crippen MR) is 85.6 cm³/mol. The SMILES string of the molecule is CN(C)c1ccc(N)cc1C(=O)OCCc1ccccc1. The minimum absolute atomic E-state index is 0.345. The molecule has 4 nitrogen and oxygen atoms in total. The molecule has 0 spiro atoms. The van der Waals surface area contributed by atoms with Crippen molar-refractivity contribution in [3.63, 3.8) is 0 Å². The third kappa shape index (κ3) is 3.99. The van der Waals surface area contributed by atoms with E-state index in [1.807, 2.05) is 55.4 Å². The van der Waals surface area contributed by atoms with Gasteiger partial charge in [-0.25, -0.2) is 4.79 Å². The zero-order chi connectivity index (χ0) is 15.2. The highest BCUT2D eigenvalue weighted by Gasteiger charge is 2.14. The van der Waals surface area contributed by atoms with Crippen molar-refractivity contribution in [2.24, 2.45) is 0 Å². The van der Waals surface area contributed by atoms with Crippen molar-refractivity contribution in [2.45, 2.75) is 6.42 Å². The van der Waals surface area contributed by atoms with E-state index in [1.54, 1.807) is 12.1 Å². The van der Waals surface area contributed by atoms with Gasteiger partial charge in [-0.1, -0.05) is 30.3 Å². The van der Waals surface area contributed by atoms with Crippen LogP contribution in [0.3, 0.4) is 0 Å². The Labute approximate surface area is 125 Å². The summed E-state index contributed by atoms with van der Waals surface area (Å²) in [6.45, 7) is 0.352. The van der Waals surface area contributed by atoms with E-state index in [2.05, 4.69) is 0 Å². The van der Waals surface area contributed by atoms with Gasteiger partial charge < -0.3 is 15.4 Å². The van der Waals surface area contributed by atoms with E-state index in [0.717, 1.165) is 11.3 Å². The van der Waals surface area contributed by atoms with E-state index >= 15 is 0 Å². The molecular weight excluding hydrogens is 264 g/mol. The zero-order valence-electron chi connectivity index (χ0n) is 12.4. The maximum absolute atomic E-state index is 12.2. The first kappa shape index (κ1) is 14.9. The van der Waals surface area contributed by atoms with E-state index < -0.39 is 0 Å². The fourth-order valence-electron chi connectivity index (χ4n) is 2.09. The molecule has 110 valence electrons. The Balaban J connectivity index is 2.02. The molecule has 2 aromatic carbocycles. The number of anilines is 2. The summed E-state index contributed by atoms with van der Waals surface area (Å²) in [5.74, 6) is -0.345. The van der Waals surface area contributed by atoms with Crippen molar-refractivity contribution >= 4 is 17.3 Å². The minimum Gasteiger partial charge on any atom is -0.462 e. The average Bonchev–Trinajstić information content (AvgIpc) is 2.47. The number of nitrogens with zero attached hydrogens (tertiary/aromatic N) is 1. The number of carbonyl (C=O) groups is 1. The van der Waals surface area contributed by atoms with E-state index in [1.165, 1.54) is 0 Å². The zero-order valence-corrected chi connectivity index (χ0v) is 12.4. The summed E-state index contributed by atoms with van der Waals surface area (Å²) in [7, 11) is 3.76. The number of hydrogen-bond donors (Lipinski definition) is 1. The first-order valence-electron chi connectivity index (χ1n) is 6.86. The van der Waals surface area contributed by atoms with Gasteiger partial charge in [0.1, 0.15) is 0 Å². The highest BCUT2D eigenvalue weighted by atomic mass is 16.5. The summed E-state index contributed by atoms with van der Waals surface area (Å²) in [6, 6.07) is 15.2. The van der Waals surface area contributed by atoms with E-state index in [4.69, 9.17) is 10.5 Å². The summed E-state index contributed by atoms with van der Waals surface area (Å²) in [5.41, 5.74) is 8.75. The van der Waals surface area contributed by atoms with Crippen LogP contribution in [0.1, 0.15) is 15.9 Å². The monoisotopic (exact) mass is 284 g/mol. The van der Waals surface area contributed by atoms with Crippen LogP contribution in [0.4, 0.5) is 11.4 Å². The second kappa shape index (κ2) is 6.79. The van der Waals surface area contributed by atoms with Crippen molar-refractivity contribution in [3.05, 3.63) is 59.7 Å². The Bertz CT molecular complexity index is 609. The van der Waals surface area contributed by atoms with Gasteiger partial charge in [-0.2, -0.15) is 0 Å². The second-order valence-electron chi connectivity index (χ2n) is 5.04. The largest absolute Gasteiger partial charge is 0.462 e. The molecule has 21 heavy (non-hydrogen) atoms. The van der Waals surface area contributed by atoms with Gasteiger partial charge in [-0.15, -0.1) is 0 Å². The highest BCUT2D eigenvalue weighted by Crippen LogP contribution is 2.22. The molecule has 0 saturated carbocycles. The van der Waals surface area contributed by atoms with Crippen molar-refractivity contribution < 1.29 is 9.53 Å². The van der Waals surface area contributed by atoms with Crippen LogP contribution in [0, 0.1) is 0 Å². The van der Waals surface area contributed by atoms with Gasteiger partial charge in [-0.3, -0.25) is 0 Å². The molecule has 0 atom stereocenters. The van der Waals surface area contributed by atoms with Gasteiger partial charge in [0.2, 0.25) is 0 Å². The van der Waals surface area contributed by atoms with Crippen molar-refractivity contribution in [3.8, 4) is 0 Å². The van der Waals surface area contributed by atoms with Crippen LogP contribution in [-0.4, -0.2) is 26.7 Å². The lowest BCUT2D eigenvalue weighted by Crippen LogP contribution is -2.16. The predicted octanol–water partition coefficient (Wildman–Crippen LogP) is 2.73. The molecule has 0 aromatic heterocycles. The van der Waals surface area contributed by atoms with Crippen LogP contribution < -0.4 is 10.6 Å². The van der Waals surface area contributed by atoms with E-state index in [-0.39, 0.29) is 5.97 Å². The van der Waals surface area contributed by atoms with Crippen LogP contribution in [0.25, 0.3) is 0 Å². The standard InChI is InChI=1S/C17H20N2O2/c1-19(2)16-9-8-14(18)12-15(16)17(20)21-11-10-13-6-4-3-5-7-13/h3-9,12H,10-11,18H2,1-2H3. The van der Waals surface area contributed by atoms with Crippen molar-refractivity contribution in [1.29, 1.82) is 0 Å². The number of carbonyl (C=O) groups excluding carboxylic acids is 1. The van der Waals surface area contributed by atoms with E-state index in [9.17, 15) is 4.79 Å². The van der Waals surface area contributed by atoms with Gasteiger partial charge in [0.15, 0.2) is 0 Å². The number of rotatable bonds is 5. The van der Waals surface area contributed by atoms with Gasteiger partial charge in [0.25, 0.3) is 0 Å². The third-order valence-electron chi connectivity index (χ3n) is 3.19. The van der Waals surface area contributed by atoms with Crippen LogP contribution in [0.15, 0.2) is 48.5 Å². The molecule has 0 aliphatic carbocycles. The number of nitrogens with two attached hydrogens (primary N) is 1. The first-order chi connectivity index (χ1) is 10.1. The quantitative estimate of drug-likeness (QED) is 0.677. The molecule has 0 radical (unpaired) electrons. The van der Waals surface area contributed by atoms with Crippen LogP contribution >= 0.6 is 0 Å². The molecule has 0 amide bonds. The van der Waals surface area contributed by atoms with Crippen molar-refractivity contribution in [2.75, 3.05) is 31.3 Å². The van der Waals surface area contributed by atoms with Gasteiger partial charge in [0.05, 0.1) is 17.9 Å². The molecular formula is C17H20N2O2. The Morgan fingerprint density at radius 1 is 1.14 bits per heavy atom. The normalized spacial score (nSPS) is 10.2. The Hall–Kier alpha value is -2.49. The molecule has 2 rings (SSSR count). The number of hydrogen-bond acceptors (Lipinski definition) is 4. The van der Waals surface area contributed by atoms with Gasteiger partial charge >= 0.3 is 5.97 Å². The van der Waals surface area contributed by atoms with E-state index in [0.29, 0.717) is 24.3 Å². The highest BCUT2D eigenvalue weighted by molar-refractivity contribution is 5.96. The molecule has 0 saturated heterocycles. The molecule has 0 bridgehead atoms. The first-order valence-corrected chi connectivity index (χ1v) is 6.86. The topological polar surface area (TPSA) is 55.6 Å². The minimum atomic E-state index is -0.345. The lowest BCUT2D eigenvalue weighted by molar-refractivity contribution is 0.0510. The average molecular weight is 284 g/mol. The molecule has 4 heteroatoms. The summed E-state index contributed by atoms with van der Waals surface area (Å²) >= 11 is 0. The maximum Gasteiger partial charge on any atom is 0.340 e. The molecule has 0 aliphatic heterocycles. The summed E-state index contributed by atoms with van der Waals surface area (Å²) in [6.07, 6.45) is 0.701. The fourth-order valence-corrected chi connectivity index (χ4v) is 2.09. The Morgan fingerprint density at radius 3 is 2.52 bits per heavy atom. The lowest BCUT2D eigenvalue weighted by Gasteiger charge is -2.17. The summed E-state index contributed by atoms with van der Waals surface area (Å²) in [5, 5.41) is 0. The number of benzene rings is 2. The molecule has 0 unspecified atom stereocenters. The Kier molecular flexibility index (Phi) is 4.82. The van der Waals surface area contributed by atoms with Crippen molar-refractivity contribution in [1.82, 2.24) is 0 Å². The van der Waals surface area contributed by atoms with Crippen LogP contribution in [-0.2, 0) is 11.2 Å². The molecule has 0 fully saturated rings. The smallest absolute Gasteiger partial charge is 0.340 e. The number of nitrogen functional groups attached to an aromatic ring is 1. The Morgan fingerprint density at radius 2 is 1.86 bits per heavy atom. The fraction of sp³-hybridized carbons (Fsp3) is 0.235.